The molecular formula is C9H15F2NO2. The van der Waals surface area contributed by atoms with E-state index < -0.39 is 24.4 Å². The van der Waals surface area contributed by atoms with Crippen LogP contribution in [-0.2, 0) is 9.53 Å². The summed E-state index contributed by atoms with van der Waals surface area (Å²) in [5.41, 5.74) is 5.26. The molecule has 14 heavy (non-hydrogen) atoms. The van der Waals surface area contributed by atoms with E-state index in [1.54, 1.807) is 0 Å². The standard InChI is InChI=1S/C9H15F2NO2/c1-14-8(13)7(12)5-9(10,11)4-6-2-3-6/h6-7H,2-5,12H2,1H3/t7-/m1/s1. The number of esters is 1. The number of methoxy groups -OCH3 is 1. The lowest BCUT2D eigenvalue weighted by Gasteiger charge is -2.18. The van der Waals surface area contributed by atoms with Crippen LogP contribution in [0.2, 0.25) is 0 Å². The Hall–Kier alpha value is -0.710. The van der Waals surface area contributed by atoms with Gasteiger partial charge in [-0.25, -0.2) is 8.78 Å². The smallest absolute Gasteiger partial charge is 0.322 e. The van der Waals surface area contributed by atoms with Crippen LogP contribution in [0, 0.1) is 5.92 Å². The van der Waals surface area contributed by atoms with E-state index in [2.05, 4.69) is 4.74 Å². The summed E-state index contributed by atoms with van der Waals surface area (Å²) in [6.45, 7) is 0. The van der Waals surface area contributed by atoms with E-state index in [0.29, 0.717) is 0 Å². The lowest BCUT2D eigenvalue weighted by molar-refractivity contribution is -0.145. The highest BCUT2D eigenvalue weighted by atomic mass is 19.3. The monoisotopic (exact) mass is 207 g/mol. The summed E-state index contributed by atoms with van der Waals surface area (Å²) in [6, 6.07) is -1.21. The second-order valence-corrected chi connectivity index (χ2v) is 3.84. The van der Waals surface area contributed by atoms with Crippen LogP contribution in [0.5, 0.6) is 0 Å². The van der Waals surface area contributed by atoms with E-state index >= 15 is 0 Å². The first kappa shape index (κ1) is 11.4. The van der Waals surface area contributed by atoms with Gasteiger partial charge in [0.25, 0.3) is 5.92 Å². The molecule has 2 N–H and O–H groups in total. The van der Waals surface area contributed by atoms with Crippen molar-refractivity contribution in [2.24, 2.45) is 11.7 Å². The van der Waals surface area contributed by atoms with Gasteiger partial charge in [0.2, 0.25) is 0 Å². The lowest BCUT2D eigenvalue weighted by atomic mass is 10.0. The number of halogens is 2. The Balaban J connectivity index is 2.35. The maximum absolute atomic E-state index is 13.2. The summed E-state index contributed by atoms with van der Waals surface area (Å²) in [5.74, 6) is -3.50. The van der Waals surface area contributed by atoms with Crippen molar-refractivity contribution in [1.82, 2.24) is 0 Å². The maximum atomic E-state index is 13.2. The van der Waals surface area contributed by atoms with Crippen LogP contribution < -0.4 is 5.73 Å². The third-order valence-electron chi connectivity index (χ3n) is 2.31. The molecule has 0 saturated heterocycles. The number of rotatable bonds is 5. The summed E-state index contributed by atoms with van der Waals surface area (Å²) in [5, 5.41) is 0. The number of hydrogen-bond donors (Lipinski definition) is 1. The predicted molar refractivity (Wildman–Crippen MR) is 46.9 cm³/mol. The molecule has 3 nitrogen and oxygen atoms in total. The molecule has 0 unspecified atom stereocenters. The Bertz CT molecular complexity index is 217. The van der Waals surface area contributed by atoms with Gasteiger partial charge in [0.15, 0.2) is 0 Å². The zero-order valence-corrected chi connectivity index (χ0v) is 8.13. The highest BCUT2D eigenvalue weighted by molar-refractivity contribution is 5.75. The molecule has 1 atom stereocenters. The topological polar surface area (TPSA) is 52.3 Å². The normalized spacial score (nSPS) is 19.1. The van der Waals surface area contributed by atoms with Gasteiger partial charge < -0.3 is 10.5 Å². The van der Waals surface area contributed by atoms with Crippen LogP contribution in [0.4, 0.5) is 8.78 Å². The fourth-order valence-corrected chi connectivity index (χ4v) is 1.38. The van der Waals surface area contributed by atoms with Crippen molar-refractivity contribution in [3.05, 3.63) is 0 Å². The summed E-state index contributed by atoms with van der Waals surface area (Å²) in [4.78, 5) is 10.8. The summed E-state index contributed by atoms with van der Waals surface area (Å²) in [7, 11) is 1.14. The molecule has 1 aliphatic carbocycles. The molecule has 0 spiro atoms. The zero-order valence-electron chi connectivity index (χ0n) is 8.13. The minimum atomic E-state index is -2.84. The van der Waals surface area contributed by atoms with Crippen LogP contribution in [0.1, 0.15) is 25.7 Å². The van der Waals surface area contributed by atoms with Gasteiger partial charge in [-0.2, -0.15) is 0 Å². The molecule has 0 aromatic carbocycles. The number of hydrogen-bond acceptors (Lipinski definition) is 3. The molecule has 0 aliphatic heterocycles. The average molecular weight is 207 g/mol. The van der Waals surface area contributed by atoms with Crippen molar-refractivity contribution in [3.63, 3.8) is 0 Å². The van der Waals surface area contributed by atoms with Crippen LogP contribution >= 0.6 is 0 Å². The lowest BCUT2D eigenvalue weighted by Crippen LogP contribution is -2.37. The number of carbonyl (C=O) groups excluding carboxylic acids is 1. The van der Waals surface area contributed by atoms with Crippen molar-refractivity contribution < 1.29 is 18.3 Å². The van der Waals surface area contributed by atoms with Crippen LogP contribution in [0.3, 0.4) is 0 Å². The van der Waals surface area contributed by atoms with E-state index in [-0.39, 0.29) is 12.3 Å². The van der Waals surface area contributed by atoms with Crippen LogP contribution in [0.15, 0.2) is 0 Å². The Morgan fingerprint density at radius 3 is 2.64 bits per heavy atom. The van der Waals surface area contributed by atoms with Crippen molar-refractivity contribution in [3.8, 4) is 0 Å². The molecule has 1 rings (SSSR count). The first-order chi connectivity index (χ1) is 6.44. The van der Waals surface area contributed by atoms with Gasteiger partial charge in [-0.3, -0.25) is 4.79 Å². The van der Waals surface area contributed by atoms with Crippen molar-refractivity contribution in [1.29, 1.82) is 0 Å². The van der Waals surface area contributed by atoms with Gasteiger partial charge in [-0.05, 0) is 18.8 Å². The summed E-state index contributed by atoms with van der Waals surface area (Å²) >= 11 is 0. The van der Waals surface area contributed by atoms with E-state index in [0.717, 1.165) is 20.0 Å². The fourth-order valence-electron chi connectivity index (χ4n) is 1.38. The first-order valence-corrected chi connectivity index (χ1v) is 4.66. The molecule has 82 valence electrons. The minimum Gasteiger partial charge on any atom is -0.468 e. The Morgan fingerprint density at radius 1 is 1.64 bits per heavy atom. The highest BCUT2D eigenvalue weighted by Crippen LogP contribution is 2.40. The van der Waals surface area contributed by atoms with E-state index in [1.807, 2.05) is 0 Å². The van der Waals surface area contributed by atoms with E-state index in [9.17, 15) is 13.6 Å². The summed E-state index contributed by atoms with van der Waals surface area (Å²) in [6.07, 6.45) is 0.958. The van der Waals surface area contributed by atoms with E-state index in [4.69, 9.17) is 5.73 Å². The fraction of sp³-hybridized carbons (Fsp3) is 0.889. The minimum absolute atomic E-state index is 0.120. The van der Waals surface area contributed by atoms with Gasteiger partial charge in [0.05, 0.1) is 7.11 Å². The average Bonchev–Trinajstić information content (AvgIpc) is 2.84. The molecule has 0 heterocycles. The van der Waals surface area contributed by atoms with Crippen molar-refractivity contribution >= 4 is 5.97 Å². The van der Waals surface area contributed by atoms with Crippen molar-refractivity contribution in [2.75, 3.05) is 7.11 Å². The number of alkyl halides is 2. The van der Waals surface area contributed by atoms with Crippen molar-refractivity contribution in [2.45, 2.75) is 37.6 Å². The molecule has 0 aromatic heterocycles. The molecule has 0 amide bonds. The molecule has 0 bridgehead atoms. The van der Waals surface area contributed by atoms with Gasteiger partial charge in [0, 0.05) is 12.8 Å². The van der Waals surface area contributed by atoms with E-state index in [1.165, 1.54) is 0 Å². The largest absolute Gasteiger partial charge is 0.468 e. The van der Waals surface area contributed by atoms with Gasteiger partial charge in [-0.15, -0.1) is 0 Å². The third-order valence-corrected chi connectivity index (χ3v) is 2.31. The van der Waals surface area contributed by atoms with Gasteiger partial charge >= 0.3 is 5.97 Å². The second kappa shape index (κ2) is 4.21. The molecule has 1 aliphatic rings. The Kier molecular flexibility index (Phi) is 3.42. The van der Waals surface area contributed by atoms with Crippen LogP contribution in [-0.4, -0.2) is 25.0 Å². The number of carbonyl (C=O) groups is 1. The quantitative estimate of drug-likeness (QED) is 0.691. The van der Waals surface area contributed by atoms with Gasteiger partial charge in [-0.1, -0.05) is 0 Å². The molecule has 1 fully saturated rings. The second-order valence-electron chi connectivity index (χ2n) is 3.84. The molecule has 1 saturated carbocycles. The number of ether oxygens (including phenoxy) is 1. The third kappa shape index (κ3) is 3.57. The zero-order chi connectivity index (χ0) is 10.8. The highest BCUT2D eigenvalue weighted by Gasteiger charge is 2.39. The Labute approximate surface area is 81.6 Å². The maximum Gasteiger partial charge on any atom is 0.322 e. The molecule has 0 radical (unpaired) electrons. The molecule has 5 heteroatoms. The SMILES string of the molecule is COC(=O)[C@H](N)CC(F)(F)CC1CC1. The Morgan fingerprint density at radius 2 is 2.21 bits per heavy atom. The first-order valence-electron chi connectivity index (χ1n) is 4.66. The van der Waals surface area contributed by atoms with Gasteiger partial charge in [0.1, 0.15) is 6.04 Å². The molecular weight excluding hydrogens is 192 g/mol. The number of nitrogens with two attached hydrogens (primary N) is 1. The van der Waals surface area contributed by atoms with Crippen LogP contribution in [0.25, 0.3) is 0 Å². The summed E-state index contributed by atoms with van der Waals surface area (Å²) < 4.78 is 30.6. The predicted octanol–water partition coefficient (Wildman–Crippen LogP) is 1.31. The molecule has 0 aromatic rings.